The first-order valence-electron chi connectivity index (χ1n) is 12.2. The fourth-order valence-corrected chi connectivity index (χ4v) is 5.05. The second-order valence-electron chi connectivity index (χ2n) is 9.45. The van der Waals surface area contributed by atoms with Gasteiger partial charge >= 0.3 is 6.29 Å². The van der Waals surface area contributed by atoms with E-state index in [1.165, 1.54) is 60.5 Å². The summed E-state index contributed by atoms with van der Waals surface area (Å²) in [5, 5.41) is 10.3. The van der Waals surface area contributed by atoms with Gasteiger partial charge in [0.1, 0.15) is 12.3 Å². The number of primary sulfonamides is 1. The SMILES string of the molecule is COc1ccc2c(-c3ccc(S(N)(=O)=O)cc3)nn(CC(=O)N(c3ccc4c(c3)OC(F)(F)O4)C(C)C)c(=O)c2c1. The summed E-state index contributed by atoms with van der Waals surface area (Å²) in [4.78, 5) is 28.3. The lowest BCUT2D eigenvalue weighted by Gasteiger charge is -2.27. The summed E-state index contributed by atoms with van der Waals surface area (Å²) < 4.78 is 65.8. The summed E-state index contributed by atoms with van der Waals surface area (Å²) in [6.45, 7) is 2.94. The average molecular weight is 587 g/mol. The van der Waals surface area contributed by atoms with Gasteiger partial charge in [0, 0.05) is 28.7 Å². The molecule has 2 heterocycles. The van der Waals surface area contributed by atoms with Gasteiger partial charge in [-0.15, -0.1) is 8.78 Å². The van der Waals surface area contributed by atoms with Crippen molar-refractivity contribution >= 4 is 32.4 Å². The molecule has 214 valence electrons. The number of halogens is 2. The molecule has 1 amide bonds. The predicted molar refractivity (Wildman–Crippen MR) is 145 cm³/mol. The van der Waals surface area contributed by atoms with Gasteiger partial charge in [-0.3, -0.25) is 9.59 Å². The summed E-state index contributed by atoms with van der Waals surface area (Å²) in [5.74, 6) is -0.563. The third-order valence-corrected chi connectivity index (χ3v) is 7.29. The van der Waals surface area contributed by atoms with Crippen LogP contribution < -0.4 is 29.8 Å². The van der Waals surface area contributed by atoms with Crippen molar-refractivity contribution in [2.45, 2.75) is 37.6 Å². The van der Waals surface area contributed by atoms with Crippen molar-refractivity contribution in [3.8, 4) is 28.5 Å². The van der Waals surface area contributed by atoms with Crippen molar-refractivity contribution in [3.05, 3.63) is 71.0 Å². The zero-order valence-corrected chi connectivity index (χ0v) is 22.8. The maximum atomic E-state index is 13.6. The van der Waals surface area contributed by atoms with Gasteiger partial charge in [0.25, 0.3) is 5.56 Å². The van der Waals surface area contributed by atoms with Crippen LogP contribution in [0.2, 0.25) is 0 Å². The van der Waals surface area contributed by atoms with E-state index in [9.17, 15) is 26.8 Å². The van der Waals surface area contributed by atoms with E-state index in [1.807, 2.05) is 0 Å². The van der Waals surface area contributed by atoms with E-state index in [0.717, 1.165) is 4.68 Å². The number of rotatable bonds is 7. The lowest BCUT2D eigenvalue weighted by molar-refractivity contribution is -0.286. The molecule has 0 unspecified atom stereocenters. The molecule has 41 heavy (non-hydrogen) atoms. The topological polar surface area (TPSA) is 143 Å². The molecule has 2 N–H and O–H groups in total. The van der Waals surface area contributed by atoms with Crippen molar-refractivity contribution in [2.75, 3.05) is 12.0 Å². The van der Waals surface area contributed by atoms with Gasteiger partial charge in [-0.1, -0.05) is 12.1 Å². The molecule has 0 fully saturated rings. The maximum absolute atomic E-state index is 13.6. The van der Waals surface area contributed by atoms with Crippen LogP contribution in [0.25, 0.3) is 22.0 Å². The Balaban J connectivity index is 1.58. The third-order valence-electron chi connectivity index (χ3n) is 6.36. The molecule has 5 rings (SSSR count). The Labute approximate surface area is 232 Å². The number of hydrogen-bond donors (Lipinski definition) is 1. The van der Waals surface area contributed by atoms with Crippen molar-refractivity contribution < 1.29 is 36.2 Å². The van der Waals surface area contributed by atoms with E-state index in [0.29, 0.717) is 22.4 Å². The Kier molecular flexibility index (Phi) is 6.91. The number of aromatic nitrogens is 2. The van der Waals surface area contributed by atoms with Crippen LogP contribution in [0.5, 0.6) is 17.2 Å². The molecule has 0 spiro atoms. The van der Waals surface area contributed by atoms with E-state index in [-0.39, 0.29) is 27.5 Å². The number of methoxy groups -OCH3 is 1. The van der Waals surface area contributed by atoms with Gasteiger partial charge < -0.3 is 19.1 Å². The largest absolute Gasteiger partial charge is 0.586 e. The van der Waals surface area contributed by atoms with Crippen LogP contribution in [-0.4, -0.2) is 43.6 Å². The summed E-state index contributed by atoms with van der Waals surface area (Å²) in [7, 11) is -2.50. The minimum atomic E-state index is -3.94. The Morgan fingerprint density at radius 1 is 1.05 bits per heavy atom. The number of hydrogen-bond acceptors (Lipinski definition) is 8. The summed E-state index contributed by atoms with van der Waals surface area (Å²) in [5.41, 5.74) is 0.439. The normalized spacial score (nSPS) is 13.9. The van der Waals surface area contributed by atoms with Crippen LogP contribution in [0, 0.1) is 0 Å². The zero-order chi connectivity index (χ0) is 29.7. The Morgan fingerprint density at radius 3 is 2.37 bits per heavy atom. The monoisotopic (exact) mass is 586 g/mol. The summed E-state index contributed by atoms with van der Waals surface area (Å²) in [6.07, 6.45) is -3.82. The molecule has 1 aliphatic heterocycles. The van der Waals surface area contributed by atoms with Gasteiger partial charge in [0.2, 0.25) is 15.9 Å². The number of benzene rings is 3. The number of fused-ring (bicyclic) bond motifs is 2. The number of amides is 1. The fourth-order valence-electron chi connectivity index (χ4n) is 4.54. The Hall–Kier alpha value is -4.56. The van der Waals surface area contributed by atoms with E-state index in [1.54, 1.807) is 26.0 Å². The lowest BCUT2D eigenvalue weighted by atomic mass is 10.0. The van der Waals surface area contributed by atoms with Crippen LogP contribution in [0.4, 0.5) is 14.5 Å². The predicted octanol–water partition coefficient (Wildman–Crippen LogP) is 3.48. The second-order valence-corrected chi connectivity index (χ2v) is 11.0. The van der Waals surface area contributed by atoms with E-state index >= 15 is 0 Å². The molecule has 0 saturated heterocycles. The van der Waals surface area contributed by atoms with Crippen LogP contribution in [-0.2, 0) is 21.4 Å². The number of carbonyl (C=O) groups is 1. The highest BCUT2D eigenvalue weighted by molar-refractivity contribution is 7.89. The number of ether oxygens (including phenoxy) is 3. The van der Waals surface area contributed by atoms with Crippen molar-refractivity contribution in [2.24, 2.45) is 5.14 Å². The molecule has 1 aliphatic rings. The molecule has 14 heteroatoms. The van der Waals surface area contributed by atoms with Gasteiger partial charge in [-0.2, -0.15) is 5.10 Å². The van der Waals surface area contributed by atoms with Crippen molar-refractivity contribution in [1.82, 2.24) is 9.78 Å². The number of nitrogens with zero attached hydrogens (tertiary/aromatic N) is 3. The Bertz CT molecular complexity index is 1840. The van der Waals surface area contributed by atoms with Gasteiger partial charge in [-0.25, -0.2) is 18.2 Å². The zero-order valence-electron chi connectivity index (χ0n) is 22.0. The van der Waals surface area contributed by atoms with Gasteiger partial charge in [0.05, 0.1) is 23.1 Å². The van der Waals surface area contributed by atoms with Crippen LogP contribution in [0.3, 0.4) is 0 Å². The summed E-state index contributed by atoms with van der Waals surface area (Å²) in [6, 6.07) is 13.9. The highest BCUT2D eigenvalue weighted by Gasteiger charge is 2.43. The first-order chi connectivity index (χ1) is 19.3. The molecule has 0 aliphatic carbocycles. The average Bonchev–Trinajstić information content (AvgIpc) is 3.22. The van der Waals surface area contributed by atoms with Crippen LogP contribution in [0.15, 0.2) is 70.4 Å². The number of nitrogens with two attached hydrogens (primary N) is 1. The standard InChI is InChI=1S/C27H24F2N4O7S/c1-15(2)33(17-6-11-22-23(12-17)40-27(28,29)39-22)24(34)14-32-26(35)21-13-18(38-3)7-10-20(21)25(31-32)16-4-8-19(9-5-16)41(30,36)37/h4-13,15H,14H2,1-3H3,(H2,30,36,37). The quantitative estimate of drug-likeness (QED) is 0.347. The van der Waals surface area contributed by atoms with Gasteiger partial charge in [0.15, 0.2) is 11.5 Å². The lowest BCUT2D eigenvalue weighted by Crippen LogP contribution is -2.41. The number of carbonyl (C=O) groups excluding carboxylic acids is 1. The smallest absolute Gasteiger partial charge is 0.497 e. The van der Waals surface area contributed by atoms with Crippen LogP contribution >= 0.6 is 0 Å². The molecule has 1 aromatic heterocycles. The molecule has 11 nitrogen and oxygen atoms in total. The highest BCUT2D eigenvalue weighted by Crippen LogP contribution is 2.43. The van der Waals surface area contributed by atoms with E-state index in [2.05, 4.69) is 14.6 Å². The minimum Gasteiger partial charge on any atom is -0.497 e. The summed E-state index contributed by atoms with van der Waals surface area (Å²) >= 11 is 0. The van der Waals surface area contributed by atoms with Crippen LogP contribution in [0.1, 0.15) is 13.8 Å². The van der Waals surface area contributed by atoms with Gasteiger partial charge in [-0.05, 0) is 56.3 Å². The van der Waals surface area contributed by atoms with Crippen molar-refractivity contribution in [3.63, 3.8) is 0 Å². The fraction of sp³-hybridized carbons (Fsp3) is 0.222. The van der Waals surface area contributed by atoms with E-state index < -0.39 is 40.4 Å². The molecular formula is C27H24F2N4O7S. The molecule has 3 aromatic carbocycles. The maximum Gasteiger partial charge on any atom is 0.586 e. The molecule has 0 bridgehead atoms. The first-order valence-corrected chi connectivity index (χ1v) is 13.8. The molecule has 4 aromatic rings. The second kappa shape index (κ2) is 10.1. The molecule has 0 radical (unpaired) electrons. The minimum absolute atomic E-state index is 0.107. The Morgan fingerprint density at radius 2 is 1.73 bits per heavy atom. The number of sulfonamides is 1. The third kappa shape index (κ3) is 5.43. The molecule has 0 atom stereocenters. The number of anilines is 1. The first kappa shape index (κ1) is 28.0. The molecule has 0 saturated carbocycles. The van der Waals surface area contributed by atoms with Crippen molar-refractivity contribution in [1.29, 1.82) is 0 Å². The number of alkyl halides is 2. The molecular weight excluding hydrogens is 562 g/mol. The van der Waals surface area contributed by atoms with E-state index in [4.69, 9.17) is 9.88 Å². The highest BCUT2D eigenvalue weighted by atomic mass is 32.2.